The Morgan fingerprint density at radius 2 is 2.18 bits per heavy atom. The van der Waals surface area contributed by atoms with Gasteiger partial charge in [-0.25, -0.2) is 24.7 Å². The average Bonchev–Trinajstić information content (AvgIpc) is 3.16. The van der Waals surface area contributed by atoms with Gasteiger partial charge in [0.15, 0.2) is 0 Å². The number of thioether (sulfide) groups is 2. The van der Waals surface area contributed by atoms with Crippen LogP contribution in [-0.2, 0) is 16.6 Å². The Balaban J connectivity index is 2.54. The van der Waals surface area contributed by atoms with Crippen LogP contribution in [-0.4, -0.2) is 50.5 Å². The molecule has 2 aromatic heterocycles. The van der Waals surface area contributed by atoms with Gasteiger partial charge in [0, 0.05) is 23.9 Å². The number of carbonyl (C=O) groups excluding carboxylic acids is 1. The molecule has 0 aliphatic heterocycles. The summed E-state index contributed by atoms with van der Waals surface area (Å²) in [6.45, 7) is 11.2. The van der Waals surface area contributed by atoms with Gasteiger partial charge in [-0.1, -0.05) is 25.1 Å². The molecule has 0 atom stereocenters. The number of esters is 1. The van der Waals surface area contributed by atoms with Gasteiger partial charge in [0.2, 0.25) is 5.84 Å². The molecule has 0 saturated carbocycles. The summed E-state index contributed by atoms with van der Waals surface area (Å²) in [5.74, 6) is 1.15. The van der Waals surface area contributed by atoms with Crippen LogP contribution in [0.2, 0.25) is 0 Å². The number of hydrogen-bond acceptors (Lipinski definition) is 8. The Hall–Kier alpha value is -2.90. The molecular formula is C24H30N6O2S2. The number of carbonyl (C=O) groups is 1. The van der Waals surface area contributed by atoms with E-state index in [0.717, 1.165) is 40.8 Å². The van der Waals surface area contributed by atoms with Gasteiger partial charge in [-0.05, 0) is 51.3 Å². The first kappa shape index (κ1) is 27.3. The first-order valence-corrected chi connectivity index (χ1v) is 13.0. The van der Waals surface area contributed by atoms with Crippen LogP contribution in [0.5, 0.6) is 0 Å². The van der Waals surface area contributed by atoms with Gasteiger partial charge in [-0.2, -0.15) is 17.0 Å². The molecule has 8 nitrogen and oxygen atoms in total. The van der Waals surface area contributed by atoms with Crippen LogP contribution in [0, 0.1) is 18.3 Å². The van der Waals surface area contributed by atoms with Crippen molar-refractivity contribution in [3.63, 3.8) is 0 Å². The minimum Gasteiger partial charge on any atom is -0.460 e. The predicted octanol–water partition coefficient (Wildman–Crippen LogP) is 5.27. The number of aryl methyl sites for hydroxylation is 1. The number of ether oxygens (including phenoxy) is 1. The van der Waals surface area contributed by atoms with Crippen molar-refractivity contribution >= 4 is 47.6 Å². The molecule has 0 radical (unpaired) electrons. The van der Waals surface area contributed by atoms with Crippen LogP contribution in [0.4, 0.5) is 0 Å². The van der Waals surface area contributed by atoms with Crippen molar-refractivity contribution in [3.05, 3.63) is 35.5 Å². The minimum absolute atomic E-state index is 0.126. The van der Waals surface area contributed by atoms with Crippen molar-refractivity contribution in [2.45, 2.75) is 45.6 Å². The average molecular weight is 499 g/mol. The molecule has 0 amide bonds. The first-order chi connectivity index (χ1) is 16.4. The molecule has 0 bridgehead atoms. The van der Waals surface area contributed by atoms with Crippen molar-refractivity contribution in [3.8, 4) is 17.3 Å². The molecule has 2 heterocycles. The van der Waals surface area contributed by atoms with Gasteiger partial charge in [-0.3, -0.25) is 0 Å². The molecule has 0 saturated heterocycles. The first-order valence-electron chi connectivity index (χ1n) is 10.9. The van der Waals surface area contributed by atoms with Crippen LogP contribution in [0.15, 0.2) is 33.5 Å². The Bertz CT molecular complexity index is 1130. The van der Waals surface area contributed by atoms with E-state index in [2.05, 4.69) is 34.7 Å². The smallest absolute Gasteiger partial charge is 0.376 e. The number of rotatable bonds is 10. The number of hydrogen-bond donors (Lipinski definition) is 0. The molecule has 0 aromatic carbocycles. The fourth-order valence-corrected chi connectivity index (χ4v) is 5.08. The monoisotopic (exact) mass is 498 g/mol. The third kappa shape index (κ3) is 7.05. The highest BCUT2D eigenvalue weighted by Crippen LogP contribution is 2.34. The van der Waals surface area contributed by atoms with E-state index in [9.17, 15) is 10.1 Å². The Morgan fingerprint density at radius 3 is 2.76 bits per heavy atom. The van der Waals surface area contributed by atoms with Crippen molar-refractivity contribution in [1.82, 2.24) is 14.5 Å². The van der Waals surface area contributed by atoms with Gasteiger partial charge in [0.25, 0.3) is 0 Å². The number of pyridine rings is 1. The van der Waals surface area contributed by atoms with E-state index in [0.29, 0.717) is 21.9 Å². The standard InChI is InChI=1S/C24H30N6O2S2/c1-7-9-10-33-15-34-23-19(12-25)18(21-14-27-17(4)30(21)6)11-20(29-23)16(3)13-28-22(26-5)24(31)32-8-2/h11,13-14H,5,7-10,15H2,1-4,6H3/b16-13+,28-22-. The number of unbranched alkanes of at least 4 members (excludes halogenated alkanes) is 1. The zero-order valence-electron chi connectivity index (χ0n) is 20.3. The molecule has 34 heavy (non-hydrogen) atoms. The summed E-state index contributed by atoms with van der Waals surface area (Å²) < 4.78 is 6.89. The SMILES string of the molecule is C=N/C(=N\C=C(/C)c1cc(-c2cnc(C)n2C)c(C#N)c(SCSCCCC)n1)C(=O)OCC. The van der Waals surface area contributed by atoms with Crippen molar-refractivity contribution in [2.24, 2.45) is 17.0 Å². The molecule has 0 fully saturated rings. The van der Waals surface area contributed by atoms with E-state index in [-0.39, 0.29) is 12.4 Å². The van der Waals surface area contributed by atoms with E-state index in [1.165, 1.54) is 6.20 Å². The highest BCUT2D eigenvalue weighted by molar-refractivity contribution is 8.15. The summed E-state index contributed by atoms with van der Waals surface area (Å²) in [7, 11) is 1.92. The largest absolute Gasteiger partial charge is 0.460 e. The molecule has 2 aromatic rings. The Morgan fingerprint density at radius 1 is 1.41 bits per heavy atom. The van der Waals surface area contributed by atoms with E-state index >= 15 is 0 Å². The number of aromatic nitrogens is 3. The highest BCUT2D eigenvalue weighted by atomic mass is 32.2. The number of nitriles is 1. The van der Waals surface area contributed by atoms with Crippen LogP contribution >= 0.6 is 23.5 Å². The maximum Gasteiger partial charge on any atom is 0.376 e. The topological polar surface area (TPSA) is 106 Å². The summed E-state index contributed by atoms with van der Waals surface area (Å²) in [5.41, 5.74) is 3.44. The lowest BCUT2D eigenvalue weighted by atomic mass is 10.0. The Kier molecular flexibility index (Phi) is 11.0. The summed E-state index contributed by atoms with van der Waals surface area (Å²) in [5, 5.41) is 11.5. The van der Waals surface area contributed by atoms with Gasteiger partial charge in [-0.15, -0.1) is 0 Å². The number of allylic oxidation sites excluding steroid dienone is 1. The zero-order valence-corrected chi connectivity index (χ0v) is 21.9. The summed E-state index contributed by atoms with van der Waals surface area (Å²) >= 11 is 3.38. The van der Waals surface area contributed by atoms with Crippen molar-refractivity contribution in [1.29, 1.82) is 5.26 Å². The molecular weight excluding hydrogens is 468 g/mol. The molecule has 0 spiro atoms. The minimum atomic E-state index is -0.638. The molecule has 0 N–H and O–H groups in total. The predicted molar refractivity (Wildman–Crippen MR) is 141 cm³/mol. The highest BCUT2D eigenvalue weighted by Gasteiger charge is 2.18. The fraction of sp³-hybridized carbons (Fsp3) is 0.417. The maximum atomic E-state index is 12.0. The Labute approximate surface area is 209 Å². The fourth-order valence-electron chi connectivity index (χ4n) is 2.87. The quantitative estimate of drug-likeness (QED) is 0.110. The third-order valence-corrected chi connectivity index (χ3v) is 7.19. The number of aliphatic imine (C=N–C) groups is 2. The van der Waals surface area contributed by atoms with Crippen molar-refractivity contribution in [2.75, 3.05) is 17.4 Å². The lowest BCUT2D eigenvalue weighted by Gasteiger charge is -2.13. The summed E-state index contributed by atoms with van der Waals surface area (Å²) in [6, 6.07) is 4.20. The lowest BCUT2D eigenvalue weighted by molar-refractivity contribution is -0.135. The van der Waals surface area contributed by atoms with Crippen LogP contribution in [0.1, 0.15) is 50.7 Å². The van der Waals surface area contributed by atoms with E-state index < -0.39 is 5.97 Å². The molecule has 0 unspecified atom stereocenters. The second-order valence-corrected chi connectivity index (χ2v) is 9.70. The van der Waals surface area contributed by atoms with Crippen LogP contribution in [0.3, 0.4) is 0 Å². The lowest BCUT2D eigenvalue weighted by Crippen LogP contribution is -2.14. The van der Waals surface area contributed by atoms with Gasteiger partial charge < -0.3 is 9.30 Å². The van der Waals surface area contributed by atoms with E-state index in [1.807, 2.05) is 43.3 Å². The summed E-state index contributed by atoms with van der Waals surface area (Å²) in [4.78, 5) is 28.9. The second-order valence-electron chi connectivity index (χ2n) is 7.26. The number of imidazole rings is 1. The molecule has 2 rings (SSSR count). The maximum absolute atomic E-state index is 12.0. The van der Waals surface area contributed by atoms with Crippen LogP contribution in [0.25, 0.3) is 16.8 Å². The molecule has 180 valence electrons. The van der Waals surface area contributed by atoms with E-state index in [4.69, 9.17) is 9.72 Å². The second kappa shape index (κ2) is 13.7. The normalized spacial score (nSPS) is 11.9. The number of nitrogens with zero attached hydrogens (tertiary/aromatic N) is 6. The molecule has 10 heteroatoms. The zero-order chi connectivity index (χ0) is 25.1. The van der Waals surface area contributed by atoms with Crippen LogP contribution < -0.4 is 0 Å². The molecule has 0 aliphatic rings. The van der Waals surface area contributed by atoms with E-state index in [1.54, 1.807) is 24.9 Å². The summed E-state index contributed by atoms with van der Waals surface area (Å²) in [6.07, 6.45) is 5.58. The third-order valence-electron chi connectivity index (χ3n) is 4.91. The van der Waals surface area contributed by atoms with Crippen molar-refractivity contribution < 1.29 is 9.53 Å². The molecule has 0 aliphatic carbocycles. The number of amidine groups is 1. The van der Waals surface area contributed by atoms with Gasteiger partial charge in [0.1, 0.15) is 16.9 Å². The van der Waals surface area contributed by atoms with Gasteiger partial charge in [0.05, 0.1) is 29.8 Å². The van der Waals surface area contributed by atoms with Gasteiger partial charge >= 0.3 is 5.97 Å².